The van der Waals surface area contributed by atoms with Crippen molar-refractivity contribution in [1.82, 2.24) is 9.88 Å². The zero-order chi connectivity index (χ0) is 14.7. The molecule has 2 aromatic rings. The summed E-state index contributed by atoms with van der Waals surface area (Å²) < 4.78 is 18.6. The summed E-state index contributed by atoms with van der Waals surface area (Å²) in [5.41, 5.74) is 0.0991. The Balaban J connectivity index is 2.22. The Labute approximate surface area is 117 Å². The Hall–Kier alpha value is -2.17. The van der Waals surface area contributed by atoms with Crippen LogP contribution in [0.1, 0.15) is 35.9 Å². The highest BCUT2D eigenvalue weighted by atomic mass is 19.1. The molecule has 0 aliphatic carbocycles. The molecule has 2 heterocycles. The summed E-state index contributed by atoms with van der Waals surface area (Å²) in [6.45, 7) is 5.97. The molecule has 2 aromatic heterocycles. The zero-order valence-corrected chi connectivity index (χ0v) is 11.8. The second-order valence-electron chi connectivity index (χ2n) is 4.88. The van der Waals surface area contributed by atoms with Gasteiger partial charge in [-0.3, -0.25) is 4.79 Å². The fraction of sp³-hybridized carbons (Fsp3) is 0.333. The standard InChI is InChI=1S/C15H17FN2O2/c1-10(2)18(9-12-8-7-11(3)20-12)15(19)13-5-4-6-14(16)17-13/h4-8,10H,9H2,1-3H3. The van der Waals surface area contributed by atoms with Crippen LogP contribution in [0.2, 0.25) is 0 Å². The molecular formula is C15H17FN2O2. The third-order valence-electron chi connectivity index (χ3n) is 2.94. The molecular weight excluding hydrogens is 259 g/mol. The lowest BCUT2D eigenvalue weighted by molar-refractivity contribution is 0.0668. The Morgan fingerprint density at radius 1 is 1.35 bits per heavy atom. The molecule has 106 valence electrons. The maximum Gasteiger partial charge on any atom is 0.273 e. The quantitative estimate of drug-likeness (QED) is 0.806. The topological polar surface area (TPSA) is 46.3 Å². The number of aromatic nitrogens is 1. The molecule has 0 fully saturated rings. The van der Waals surface area contributed by atoms with E-state index in [-0.39, 0.29) is 17.6 Å². The van der Waals surface area contributed by atoms with Crippen LogP contribution in [0, 0.1) is 12.9 Å². The van der Waals surface area contributed by atoms with E-state index in [1.54, 1.807) is 4.90 Å². The molecule has 0 bridgehead atoms. The van der Waals surface area contributed by atoms with E-state index in [0.29, 0.717) is 12.3 Å². The van der Waals surface area contributed by atoms with Crippen LogP contribution >= 0.6 is 0 Å². The van der Waals surface area contributed by atoms with Crippen molar-refractivity contribution in [3.05, 3.63) is 53.5 Å². The van der Waals surface area contributed by atoms with Crippen LogP contribution in [0.5, 0.6) is 0 Å². The number of pyridine rings is 1. The van der Waals surface area contributed by atoms with Crippen molar-refractivity contribution >= 4 is 5.91 Å². The predicted octanol–water partition coefficient (Wildman–Crippen LogP) is 3.17. The van der Waals surface area contributed by atoms with Crippen LogP contribution in [-0.2, 0) is 6.54 Å². The monoisotopic (exact) mass is 276 g/mol. The molecule has 0 aromatic carbocycles. The van der Waals surface area contributed by atoms with Crippen molar-refractivity contribution in [3.63, 3.8) is 0 Å². The van der Waals surface area contributed by atoms with E-state index in [0.717, 1.165) is 5.76 Å². The van der Waals surface area contributed by atoms with Gasteiger partial charge in [0.2, 0.25) is 5.95 Å². The number of carbonyl (C=O) groups excluding carboxylic acids is 1. The van der Waals surface area contributed by atoms with E-state index in [1.807, 2.05) is 32.9 Å². The molecule has 5 heteroatoms. The van der Waals surface area contributed by atoms with E-state index in [1.165, 1.54) is 18.2 Å². The maximum atomic E-state index is 13.1. The van der Waals surface area contributed by atoms with Crippen molar-refractivity contribution in [2.45, 2.75) is 33.4 Å². The van der Waals surface area contributed by atoms with Gasteiger partial charge in [-0.15, -0.1) is 0 Å². The SMILES string of the molecule is Cc1ccc(CN(C(=O)c2cccc(F)n2)C(C)C)o1. The highest BCUT2D eigenvalue weighted by Gasteiger charge is 2.21. The normalized spacial score (nSPS) is 10.8. The molecule has 0 aliphatic heterocycles. The summed E-state index contributed by atoms with van der Waals surface area (Å²) in [7, 11) is 0. The van der Waals surface area contributed by atoms with Crippen molar-refractivity contribution in [2.24, 2.45) is 0 Å². The Kier molecular flexibility index (Phi) is 4.17. The molecule has 0 unspecified atom stereocenters. The number of hydrogen-bond donors (Lipinski definition) is 0. The van der Waals surface area contributed by atoms with Crippen LogP contribution in [0.3, 0.4) is 0 Å². The highest BCUT2D eigenvalue weighted by molar-refractivity contribution is 5.92. The molecule has 0 radical (unpaired) electrons. The van der Waals surface area contributed by atoms with E-state index in [9.17, 15) is 9.18 Å². The van der Waals surface area contributed by atoms with E-state index < -0.39 is 5.95 Å². The second kappa shape index (κ2) is 5.86. The molecule has 0 atom stereocenters. The van der Waals surface area contributed by atoms with Crippen LogP contribution in [0.4, 0.5) is 4.39 Å². The van der Waals surface area contributed by atoms with Crippen LogP contribution in [0.25, 0.3) is 0 Å². The summed E-state index contributed by atoms with van der Waals surface area (Å²) in [5, 5.41) is 0. The van der Waals surface area contributed by atoms with Crippen LogP contribution in [-0.4, -0.2) is 21.8 Å². The Morgan fingerprint density at radius 3 is 2.65 bits per heavy atom. The number of furan rings is 1. The smallest absolute Gasteiger partial charge is 0.273 e. The molecule has 0 saturated carbocycles. The lowest BCUT2D eigenvalue weighted by Crippen LogP contribution is -2.36. The van der Waals surface area contributed by atoms with Crippen molar-refractivity contribution < 1.29 is 13.6 Å². The van der Waals surface area contributed by atoms with Crippen LogP contribution in [0.15, 0.2) is 34.7 Å². The molecule has 1 amide bonds. The number of carbonyl (C=O) groups is 1. The van der Waals surface area contributed by atoms with Crippen molar-refractivity contribution in [3.8, 4) is 0 Å². The molecule has 0 spiro atoms. The average molecular weight is 276 g/mol. The van der Waals surface area contributed by atoms with Gasteiger partial charge in [-0.25, -0.2) is 4.98 Å². The third kappa shape index (κ3) is 3.23. The minimum atomic E-state index is -0.659. The number of hydrogen-bond acceptors (Lipinski definition) is 3. The number of aryl methyl sites for hydroxylation is 1. The van der Waals surface area contributed by atoms with Gasteiger partial charge >= 0.3 is 0 Å². The fourth-order valence-electron chi connectivity index (χ4n) is 1.90. The first kappa shape index (κ1) is 14.2. The molecule has 2 rings (SSSR count). The number of halogens is 1. The van der Waals surface area contributed by atoms with Gasteiger partial charge in [0.25, 0.3) is 5.91 Å². The largest absolute Gasteiger partial charge is 0.464 e. The summed E-state index contributed by atoms with van der Waals surface area (Å²) in [5.74, 6) is 0.517. The zero-order valence-electron chi connectivity index (χ0n) is 11.8. The second-order valence-corrected chi connectivity index (χ2v) is 4.88. The lowest BCUT2D eigenvalue weighted by Gasteiger charge is -2.25. The van der Waals surface area contributed by atoms with E-state index in [2.05, 4.69) is 4.98 Å². The number of amides is 1. The molecule has 4 nitrogen and oxygen atoms in total. The molecule has 0 aliphatic rings. The molecule has 0 N–H and O–H groups in total. The van der Waals surface area contributed by atoms with Gasteiger partial charge in [-0.1, -0.05) is 6.07 Å². The minimum absolute atomic E-state index is 0.0435. The first-order valence-electron chi connectivity index (χ1n) is 6.46. The first-order chi connectivity index (χ1) is 9.47. The number of rotatable bonds is 4. The van der Waals surface area contributed by atoms with Gasteiger partial charge in [0.1, 0.15) is 17.2 Å². The Morgan fingerprint density at radius 2 is 2.10 bits per heavy atom. The van der Waals surface area contributed by atoms with E-state index >= 15 is 0 Å². The van der Waals surface area contributed by atoms with Gasteiger partial charge in [0.15, 0.2) is 0 Å². The summed E-state index contributed by atoms with van der Waals surface area (Å²) in [6, 6.07) is 7.83. The summed E-state index contributed by atoms with van der Waals surface area (Å²) in [6.07, 6.45) is 0. The van der Waals surface area contributed by atoms with Gasteiger partial charge < -0.3 is 9.32 Å². The third-order valence-corrected chi connectivity index (χ3v) is 2.94. The van der Waals surface area contributed by atoms with Gasteiger partial charge in [0, 0.05) is 6.04 Å². The Bertz CT molecular complexity index is 607. The highest BCUT2D eigenvalue weighted by Crippen LogP contribution is 2.14. The summed E-state index contributed by atoms with van der Waals surface area (Å²) in [4.78, 5) is 17.6. The average Bonchev–Trinajstić information content (AvgIpc) is 2.80. The fourth-order valence-corrected chi connectivity index (χ4v) is 1.90. The maximum absolute atomic E-state index is 13.1. The van der Waals surface area contributed by atoms with Crippen molar-refractivity contribution in [2.75, 3.05) is 0 Å². The first-order valence-corrected chi connectivity index (χ1v) is 6.46. The minimum Gasteiger partial charge on any atom is -0.464 e. The molecule has 0 saturated heterocycles. The summed E-state index contributed by atoms with van der Waals surface area (Å²) >= 11 is 0. The van der Waals surface area contributed by atoms with Gasteiger partial charge in [-0.05, 0) is 45.0 Å². The van der Waals surface area contributed by atoms with Gasteiger partial charge in [0.05, 0.1) is 6.54 Å². The lowest BCUT2D eigenvalue weighted by atomic mass is 10.2. The van der Waals surface area contributed by atoms with Crippen molar-refractivity contribution in [1.29, 1.82) is 0 Å². The molecule has 20 heavy (non-hydrogen) atoms. The van der Waals surface area contributed by atoms with Crippen LogP contribution < -0.4 is 0 Å². The van der Waals surface area contributed by atoms with Gasteiger partial charge in [-0.2, -0.15) is 4.39 Å². The number of nitrogens with zero attached hydrogens (tertiary/aromatic N) is 2. The van der Waals surface area contributed by atoms with E-state index in [4.69, 9.17) is 4.42 Å². The predicted molar refractivity (Wildman–Crippen MR) is 72.6 cm³/mol.